The highest BCUT2D eigenvalue weighted by atomic mass is 35.5. The van der Waals surface area contributed by atoms with Crippen LogP contribution in [-0.2, 0) is 4.79 Å². The lowest BCUT2D eigenvalue weighted by atomic mass is 9.91. The van der Waals surface area contributed by atoms with Gasteiger partial charge in [-0.2, -0.15) is 0 Å². The Kier molecular flexibility index (Phi) is 6.99. The second kappa shape index (κ2) is 8.63. The number of amides is 1. The largest absolute Gasteiger partial charge is 0.497 e. The molecule has 2 aliphatic heterocycles. The van der Waals surface area contributed by atoms with E-state index in [1.165, 1.54) is 0 Å². The third kappa shape index (κ3) is 4.02. The van der Waals surface area contributed by atoms with Crippen LogP contribution in [-0.4, -0.2) is 62.2 Å². The van der Waals surface area contributed by atoms with Crippen LogP contribution in [0.25, 0.3) is 0 Å². The first-order valence-corrected chi connectivity index (χ1v) is 8.96. The Morgan fingerprint density at radius 2 is 1.92 bits per heavy atom. The van der Waals surface area contributed by atoms with Gasteiger partial charge in [0.25, 0.3) is 0 Å². The smallest absolute Gasteiger partial charge is 0.226 e. The summed E-state index contributed by atoms with van der Waals surface area (Å²) in [6.07, 6.45) is 5.20. The zero-order valence-electron chi connectivity index (χ0n) is 15.1. The Labute approximate surface area is 167 Å². The van der Waals surface area contributed by atoms with Gasteiger partial charge in [0.15, 0.2) is 0 Å². The second-order valence-electron chi connectivity index (χ2n) is 7.24. The van der Waals surface area contributed by atoms with Gasteiger partial charge in [0.05, 0.1) is 7.11 Å². The van der Waals surface area contributed by atoms with Crippen LogP contribution in [0.5, 0.6) is 5.75 Å². The van der Waals surface area contributed by atoms with E-state index in [2.05, 4.69) is 20.1 Å². The molecule has 26 heavy (non-hydrogen) atoms. The maximum absolute atomic E-state index is 12.8. The molecule has 1 aromatic heterocycles. The van der Waals surface area contributed by atoms with Crippen molar-refractivity contribution in [3.63, 3.8) is 0 Å². The molecule has 0 aromatic carbocycles. The maximum atomic E-state index is 12.8. The number of aromatic nitrogens is 1. The molecule has 1 aliphatic carbocycles. The normalized spacial score (nSPS) is 23.7. The summed E-state index contributed by atoms with van der Waals surface area (Å²) in [6.45, 7) is 5.41. The predicted octanol–water partition coefficient (Wildman–Crippen LogP) is 1.97. The zero-order chi connectivity index (χ0) is 16.6. The molecule has 0 radical (unpaired) electrons. The van der Waals surface area contributed by atoms with Gasteiger partial charge in [-0.15, -0.1) is 24.8 Å². The molecule has 1 atom stereocenters. The summed E-state index contributed by atoms with van der Waals surface area (Å²) >= 11 is 0. The molecule has 2 saturated heterocycles. The minimum Gasteiger partial charge on any atom is -0.497 e. The van der Waals surface area contributed by atoms with Gasteiger partial charge in [-0.25, -0.2) is 4.98 Å². The number of nitrogens with one attached hydrogen (secondary N) is 1. The quantitative estimate of drug-likeness (QED) is 0.837. The summed E-state index contributed by atoms with van der Waals surface area (Å²) in [5.41, 5.74) is 0.327. The molecule has 3 heterocycles. The monoisotopic (exact) mass is 402 g/mol. The Morgan fingerprint density at radius 1 is 1.23 bits per heavy atom. The summed E-state index contributed by atoms with van der Waals surface area (Å²) in [5.74, 6) is 2.42. The Bertz CT molecular complexity index is 617. The predicted molar refractivity (Wildman–Crippen MR) is 107 cm³/mol. The number of ether oxygens (including phenoxy) is 1. The second-order valence-corrected chi connectivity index (χ2v) is 7.24. The molecule has 8 heteroatoms. The Balaban J connectivity index is 0.00000121. The molecule has 146 valence electrons. The van der Waals surface area contributed by atoms with Crippen molar-refractivity contribution in [1.29, 1.82) is 0 Å². The van der Waals surface area contributed by atoms with Gasteiger partial charge in [-0.05, 0) is 43.8 Å². The summed E-state index contributed by atoms with van der Waals surface area (Å²) in [4.78, 5) is 21.6. The standard InChI is InChI=1S/C18H26N4O2.2ClH/c1-24-14-2-5-20-16(12-14)21-8-10-22(11-9-21)17(23)15-13-18(15)3-6-19-7-4-18;;/h2,5,12,15,19H,3-4,6-11,13H2,1H3;2*1H. The summed E-state index contributed by atoms with van der Waals surface area (Å²) in [5, 5.41) is 3.40. The third-order valence-electron chi connectivity index (χ3n) is 5.96. The molecule has 1 saturated carbocycles. The van der Waals surface area contributed by atoms with E-state index in [1.54, 1.807) is 13.3 Å². The Hall–Kier alpha value is -1.24. The molecule has 1 spiro atoms. The summed E-state index contributed by atoms with van der Waals surface area (Å²) in [6, 6.07) is 3.82. The number of carbonyl (C=O) groups is 1. The topological polar surface area (TPSA) is 57.7 Å². The van der Waals surface area contributed by atoms with E-state index in [1.807, 2.05) is 12.1 Å². The molecule has 1 N–H and O–H groups in total. The highest BCUT2D eigenvalue weighted by Crippen LogP contribution is 2.59. The third-order valence-corrected chi connectivity index (χ3v) is 5.96. The SMILES string of the molecule is COc1ccnc(N2CCN(C(=O)C3CC34CCNCC4)CC2)c1.Cl.Cl. The number of piperazine rings is 1. The van der Waals surface area contributed by atoms with Crippen LogP contribution >= 0.6 is 24.8 Å². The first-order chi connectivity index (χ1) is 11.7. The van der Waals surface area contributed by atoms with Crippen LogP contribution in [0.1, 0.15) is 19.3 Å². The Morgan fingerprint density at radius 3 is 2.58 bits per heavy atom. The molecule has 4 rings (SSSR count). The highest BCUT2D eigenvalue weighted by Gasteiger charge is 2.58. The maximum Gasteiger partial charge on any atom is 0.226 e. The van der Waals surface area contributed by atoms with E-state index in [9.17, 15) is 4.79 Å². The van der Waals surface area contributed by atoms with E-state index in [0.717, 1.165) is 70.1 Å². The number of nitrogens with zero attached hydrogens (tertiary/aromatic N) is 3. The van der Waals surface area contributed by atoms with Crippen LogP contribution < -0.4 is 15.0 Å². The van der Waals surface area contributed by atoms with E-state index < -0.39 is 0 Å². The number of anilines is 1. The molecule has 1 amide bonds. The van der Waals surface area contributed by atoms with E-state index in [0.29, 0.717) is 11.3 Å². The first-order valence-electron chi connectivity index (χ1n) is 8.96. The molecular weight excluding hydrogens is 375 g/mol. The molecule has 6 nitrogen and oxygen atoms in total. The molecular formula is C18H28Cl2N4O2. The van der Waals surface area contributed by atoms with Crippen LogP contribution in [0, 0.1) is 11.3 Å². The molecule has 1 unspecified atom stereocenters. The summed E-state index contributed by atoms with van der Waals surface area (Å²) < 4.78 is 5.27. The fraction of sp³-hybridized carbons (Fsp3) is 0.667. The highest BCUT2D eigenvalue weighted by molar-refractivity contribution is 5.85. The number of pyridine rings is 1. The van der Waals surface area contributed by atoms with Crippen LogP contribution in [0.3, 0.4) is 0 Å². The number of rotatable bonds is 3. The van der Waals surface area contributed by atoms with Gasteiger partial charge in [0, 0.05) is 44.4 Å². The minimum atomic E-state index is 0. The first kappa shape index (κ1) is 21.1. The van der Waals surface area contributed by atoms with Crippen molar-refractivity contribution in [2.75, 3.05) is 51.3 Å². The van der Waals surface area contributed by atoms with Crippen molar-refractivity contribution in [3.05, 3.63) is 18.3 Å². The van der Waals surface area contributed by atoms with E-state index >= 15 is 0 Å². The number of hydrogen-bond acceptors (Lipinski definition) is 5. The van der Waals surface area contributed by atoms with Gasteiger partial charge in [0.1, 0.15) is 11.6 Å². The number of methoxy groups -OCH3 is 1. The van der Waals surface area contributed by atoms with Crippen molar-refractivity contribution in [3.8, 4) is 5.75 Å². The van der Waals surface area contributed by atoms with Gasteiger partial charge >= 0.3 is 0 Å². The molecule has 3 aliphatic rings. The van der Waals surface area contributed by atoms with Crippen LogP contribution in [0.15, 0.2) is 18.3 Å². The van der Waals surface area contributed by atoms with Crippen molar-refractivity contribution in [1.82, 2.24) is 15.2 Å². The van der Waals surface area contributed by atoms with Crippen LogP contribution in [0.2, 0.25) is 0 Å². The minimum absolute atomic E-state index is 0. The lowest BCUT2D eigenvalue weighted by molar-refractivity contribution is -0.133. The van der Waals surface area contributed by atoms with E-state index in [-0.39, 0.29) is 30.7 Å². The van der Waals surface area contributed by atoms with E-state index in [4.69, 9.17) is 4.74 Å². The van der Waals surface area contributed by atoms with Crippen molar-refractivity contribution >= 4 is 36.5 Å². The van der Waals surface area contributed by atoms with Crippen molar-refractivity contribution < 1.29 is 9.53 Å². The lowest BCUT2D eigenvalue weighted by Crippen LogP contribution is -2.50. The lowest BCUT2D eigenvalue weighted by Gasteiger charge is -2.36. The van der Waals surface area contributed by atoms with Crippen molar-refractivity contribution in [2.45, 2.75) is 19.3 Å². The van der Waals surface area contributed by atoms with Gasteiger partial charge in [0.2, 0.25) is 5.91 Å². The zero-order valence-corrected chi connectivity index (χ0v) is 16.8. The number of hydrogen-bond donors (Lipinski definition) is 1. The van der Waals surface area contributed by atoms with Gasteiger partial charge in [-0.3, -0.25) is 4.79 Å². The summed E-state index contributed by atoms with van der Waals surface area (Å²) in [7, 11) is 1.67. The average Bonchev–Trinajstić information content (AvgIpc) is 3.34. The number of carbonyl (C=O) groups excluding carboxylic acids is 1. The van der Waals surface area contributed by atoms with Gasteiger partial charge in [-0.1, -0.05) is 0 Å². The fourth-order valence-corrected chi connectivity index (χ4v) is 4.25. The molecule has 0 bridgehead atoms. The molecule has 3 fully saturated rings. The number of piperidine rings is 1. The van der Waals surface area contributed by atoms with Gasteiger partial charge < -0.3 is 19.9 Å². The average molecular weight is 403 g/mol. The van der Waals surface area contributed by atoms with Crippen molar-refractivity contribution in [2.24, 2.45) is 11.3 Å². The fourth-order valence-electron chi connectivity index (χ4n) is 4.25. The molecule has 1 aromatic rings. The number of halogens is 2. The van der Waals surface area contributed by atoms with Crippen LogP contribution in [0.4, 0.5) is 5.82 Å².